The fourth-order valence-corrected chi connectivity index (χ4v) is 3.91. The Morgan fingerprint density at radius 2 is 1.52 bits per heavy atom. The minimum atomic E-state index is 0.994. The van der Waals surface area contributed by atoms with Crippen LogP contribution in [-0.4, -0.2) is 0 Å². The average molecular weight is 314 g/mol. The molecule has 0 saturated carbocycles. The lowest BCUT2D eigenvalue weighted by molar-refractivity contribution is 1.19. The summed E-state index contributed by atoms with van der Waals surface area (Å²) >= 11 is 0. The van der Waals surface area contributed by atoms with Crippen LogP contribution in [0, 0.1) is 6.92 Å². The molecule has 0 fully saturated rings. The second-order valence-electron chi connectivity index (χ2n) is 6.12. The van der Waals surface area contributed by atoms with Gasteiger partial charge in [0.1, 0.15) is 0 Å². The van der Waals surface area contributed by atoms with Crippen LogP contribution in [0.15, 0.2) is 60.7 Å². The summed E-state index contributed by atoms with van der Waals surface area (Å²) < 4.78 is 0. The van der Waals surface area contributed by atoms with Crippen molar-refractivity contribution in [2.24, 2.45) is 0 Å². The lowest BCUT2D eigenvalue weighted by Crippen LogP contribution is -2.06. The molecule has 0 aromatic heterocycles. The molecule has 0 aliphatic heterocycles. The van der Waals surface area contributed by atoms with E-state index in [1.165, 1.54) is 44.2 Å². The topological polar surface area (TPSA) is 0 Å². The average Bonchev–Trinajstić information content (AvgIpc) is 2.76. The summed E-state index contributed by atoms with van der Waals surface area (Å²) in [6.45, 7) is 2.18. The quantitative estimate of drug-likeness (QED) is 0.422. The van der Waals surface area contributed by atoms with Crippen molar-refractivity contribution in [1.82, 2.24) is 0 Å². The van der Waals surface area contributed by atoms with Gasteiger partial charge in [0.15, 0.2) is 0 Å². The van der Waals surface area contributed by atoms with Crippen LogP contribution in [0.3, 0.4) is 0 Å². The highest BCUT2D eigenvalue weighted by Crippen LogP contribution is 2.30. The minimum Gasteiger partial charge on any atom is -0.104 e. The van der Waals surface area contributed by atoms with E-state index in [0.717, 1.165) is 6.42 Å². The number of hydrogen-bond donors (Lipinski definition) is 0. The Balaban J connectivity index is 1.89. The fourth-order valence-electron chi connectivity index (χ4n) is 3.38. The third-order valence-corrected chi connectivity index (χ3v) is 5.30. The van der Waals surface area contributed by atoms with Crippen molar-refractivity contribution in [2.75, 3.05) is 0 Å². The third kappa shape index (κ3) is 2.54. The summed E-state index contributed by atoms with van der Waals surface area (Å²) in [7, 11) is 2.97. The molecule has 0 nitrogen and oxygen atoms in total. The maximum atomic E-state index is 2.97. The van der Waals surface area contributed by atoms with Crippen molar-refractivity contribution in [1.29, 1.82) is 0 Å². The van der Waals surface area contributed by atoms with E-state index in [2.05, 4.69) is 89.0 Å². The molecule has 1 aliphatic rings. The molecule has 1 aliphatic carbocycles. The third-order valence-electron chi connectivity index (χ3n) is 4.68. The Morgan fingerprint density at radius 1 is 0.739 bits per heavy atom. The predicted octanol–water partition coefficient (Wildman–Crippen LogP) is 5.24. The van der Waals surface area contributed by atoms with Gasteiger partial charge in [0, 0.05) is 0 Å². The SMILES string of the molecule is Cc1ccccc1-c1ccc2c(c1P)C=Cc1ccccc1C2. The molecule has 0 saturated heterocycles. The number of fused-ring (bicyclic) bond motifs is 2. The van der Waals surface area contributed by atoms with Gasteiger partial charge in [-0.1, -0.05) is 72.8 Å². The lowest BCUT2D eigenvalue weighted by atomic mass is 9.94. The summed E-state index contributed by atoms with van der Waals surface area (Å²) in [5.41, 5.74) is 9.40. The zero-order valence-electron chi connectivity index (χ0n) is 13.2. The van der Waals surface area contributed by atoms with Crippen molar-refractivity contribution in [2.45, 2.75) is 13.3 Å². The van der Waals surface area contributed by atoms with Crippen LogP contribution >= 0.6 is 9.24 Å². The van der Waals surface area contributed by atoms with Crippen LogP contribution in [-0.2, 0) is 6.42 Å². The molecule has 0 bridgehead atoms. The highest BCUT2D eigenvalue weighted by molar-refractivity contribution is 7.28. The first-order valence-corrected chi connectivity index (χ1v) is 8.55. The first-order chi connectivity index (χ1) is 11.2. The number of hydrogen-bond acceptors (Lipinski definition) is 0. The Morgan fingerprint density at radius 3 is 2.39 bits per heavy atom. The molecule has 4 rings (SSSR count). The molecule has 0 spiro atoms. The van der Waals surface area contributed by atoms with Crippen LogP contribution < -0.4 is 5.30 Å². The predicted molar refractivity (Wildman–Crippen MR) is 104 cm³/mol. The molecular weight excluding hydrogens is 295 g/mol. The van der Waals surface area contributed by atoms with Gasteiger partial charge in [0.2, 0.25) is 0 Å². The maximum Gasteiger partial charge on any atom is -0.00137 e. The first-order valence-electron chi connectivity index (χ1n) is 7.97. The van der Waals surface area contributed by atoms with E-state index < -0.39 is 0 Å². The van der Waals surface area contributed by atoms with Gasteiger partial charge >= 0.3 is 0 Å². The highest BCUT2D eigenvalue weighted by atomic mass is 31.0. The second kappa shape index (κ2) is 5.80. The van der Waals surface area contributed by atoms with E-state index in [1.807, 2.05) is 0 Å². The molecule has 3 aromatic carbocycles. The van der Waals surface area contributed by atoms with Crippen LogP contribution in [0.5, 0.6) is 0 Å². The lowest BCUT2D eigenvalue weighted by Gasteiger charge is -2.15. The molecular formula is C22H19P. The molecule has 1 unspecified atom stereocenters. The van der Waals surface area contributed by atoms with Gasteiger partial charge in [0.05, 0.1) is 0 Å². The molecule has 112 valence electrons. The molecule has 1 atom stereocenters. The smallest absolute Gasteiger partial charge is 0.00137 e. The van der Waals surface area contributed by atoms with Crippen molar-refractivity contribution in [3.63, 3.8) is 0 Å². The normalized spacial score (nSPS) is 12.4. The van der Waals surface area contributed by atoms with E-state index in [-0.39, 0.29) is 0 Å². The van der Waals surface area contributed by atoms with Gasteiger partial charge in [-0.3, -0.25) is 0 Å². The van der Waals surface area contributed by atoms with Gasteiger partial charge < -0.3 is 0 Å². The molecule has 0 radical (unpaired) electrons. The van der Waals surface area contributed by atoms with Crippen LogP contribution in [0.25, 0.3) is 23.3 Å². The van der Waals surface area contributed by atoms with Gasteiger partial charge in [-0.05, 0) is 57.6 Å². The largest absolute Gasteiger partial charge is 0.104 e. The summed E-state index contributed by atoms with van der Waals surface area (Å²) in [6, 6.07) is 21.8. The van der Waals surface area contributed by atoms with Crippen LogP contribution in [0.2, 0.25) is 0 Å². The van der Waals surface area contributed by atoms with Crippen LogP contribution in [0.4, 0.5) is 0 Å². The van der Waals surface area contributed by atoms with E-state index >= 15 is 0 Å². The molecule has 0 N–H and O–H groups in total. The van der Waals surface area contributed by atoms with Gasteiger partial charge in [0.25, 0.3) is 0 Å². The van der Waals surface area contributed by atoms with Gasteiger partial charge in [-0.15, -0.1) is 9.24 Å². The van der Waals surface area contributed by atoms with E-state index in [0.29, 0.717) is 0 Å². The molecule has 23 heavy (non-hydrogen) atoms. The number of benzene rings is 3. The Kier molecular flexibility index (Phi) is 3.63. The summed E-state index contributed by atoms with van der Waals surface area (Å²) in [5, 5.41) is 1.29. The Labute approximate surface area is 140 Å². The van der Waals surface area contributed by atoms with E-state index in [9.17, 15) is 0 Å². The van der Waals surface area contributed by atoms with Crippen molar-refractivity contribution >= 4 is 26.7 Å². The Hall–Kier alpha value is -2.17. The molecule has 0 heterocycles. The van der Waals surface area contributed by atoms with Crippen molar-refractivity contribution in [3.8, 4) is 11.1 Å². The summed E-state index contributed by atoms with van der Waals surface area (Å²) in [6.07, 6.45) is 5.51. The Bertz CT molecular complexity index is 919. The van der Waals surface area contributed by atoms with Gasteiger partial charge in [-0.25, -0.2) is 0 Å². The second-order valence-corrected chi connectivity index (χ2v) is 6.70. The van der Waals surface area contributed by atoms with Gasteiger partial charge in [-0.2, -0.15) is 0 Å². The van der Waals surface area contributed by atoms with Crippen molar-refractivity contribution in [3.05, 3.63) is 88.5 Å². The monoisotopic (exact) mass is 314 g/mol. The van der Waals surface area contributed by atoms with E-state index in [1.54, 1.807) is 0 Å². The molecule has 3 aromatic rings. The number of rotatable bonds is 1. The zero-order valence-corrected chi connectivity index (χ0v) is 14.4. The van der Waals surface area contributed by atoms with Crippen LogP contribution in [0.1, 0.15) is 27.8 Å². The number of aryl methyl sites for hydroxylation is 1. The fraction of sp³-hybridized carbons (Fsp3) is 0.0909. The van der Waals surface area contributed by atoms with Crippen molar-refractivity contribution < 1.29 is 0 Å². The highest BCUT2D eigenvalue weighted by Gasteiger charge is 2.14. The zero-order chi connectivity index (χ0) is 15.8. The molecule has 1 heteroatoms. The molecule has 0 amide bonds. The van der Waals surface area contributed by atoms with E-state index in [4.69, 9.17) is 0 Å². The maximum absolute atomic E-state index is 2.97. The standard InChI is InChI=1S/C22H19P/c1-15-6-2-5-9-19(15)21-13-11-18-14-17-8-4-3-7-16(17)10-12-20(18)22(21)23/h2-13H,14,23H2,1H3. The minimum absolute atomic E-state index is 0.994. The summed E-state index contributed by atoms with van der Waals surface area (Å²) in [5.74, 6) is 0. The first kappa shape index (κ1) is 14.4. The summed E-state index contributed by atoms with van der Waals surface area (Å²) in [4.78, 5) is 0.